The predicted molar refractivity (Wildman–Crippen MR) is 108 cm³/mol. The molecule has 0 saturated carbocycles. The van der Waals surface area contributed by atoms with Gasteiger partial charge >= 0.3 is 0 Å². The standard InChI is InChI=1S/C21H31NO2S/c1-3-4-5-6-7-11-15-22-20(23)14-16-25-21(24)17-18(2)19-12-9-8-10-13-19/h8-10,12-14,16,18H,3-7,11,15,17H2,1-2H3,(H,22,23)/b16-14-. The van der Waals surface area contributed by atoms with Gasteiger partial charge in [-0.1, -0.05) is 88.0 Å². The van der Waals surface area contributed by atoms with Gasteiger partial charge in [-0.15, -0.1) is 0 Å². The summed E-state index contributed by atoms with van der Waals surface area (Å²) in [6.45, 7) is 4.96. The van der Waals surface area contributed by atoms with Gasteiger partial charge in [-0.3, -0.25) is 9.59 Å². The van der Waals surface area contributed by atoms with Gasteiger partial charge < -0.3 is 5.32 Å². The van der Waals surface area contributed by atoms with Crippen molar-refractivity contribution in [2.75, 3.05) is 6.54 Å². The molecule has 25 heavy (non-hydrogen) atoms. The van der Waals surface area contributed by atoms with Gasteiger partial charge in [0.25, 0.3) is 0 Å². The molecule has 1 atom stereocenters. The molecule has 4 heteroatoms. The zero-order chi connectivity index (χ0) is 18.3. The first-order valence-corrected chi connectivity index (χ1v) is 10.2. The van der Waals surface area contributed by atoms with E-state index in [1.54, 1.807) is 5.41 Å². The highest BCUT2D eigenvalue weighted by Crippen LogP contribution is 2.22. The largest absolute Gasteiger partial charge is 0.353 e. The number of nitrogens with one attached hydrogen (secondary N) is 1. The van der Waals surface area contributed by atoms with Gasteiger partial charge in [-0.05, 0) is 23.3 Å². The van der Waals surface area contributed by atoms with E-state index < -0.39 is 0 Å². The highest BCUT2D eigenvalue weighted by molar-refractivity contribution is 8.16. The second-order valence-corrected chi connectivity index (χ2v) is 7.33. The summed E-state index contributed by atoms with van der Waals surface area (Å²) in [7, 11) is 0. The van der Waals surface area contributed by atoms with Crippen molar-refractivity contribution in [3.05, 3.63) is 47.4 Å². The number of amides is 1. The Kier molecular flexibility index (Phi) is 11.8. The van der Waals surface area contributed by atoms with E-state index in [1.807, 2.05) is 37.3 Å². The van der Waals surface area contributed by atoms with Crippen molar-refractivity contribution in [3.8, 4) is 0 Å². The molecule has 3 nitrogen and oxygen atoms in total. The number of carbonyl (C=O) groups excluding carboxylic acids is 2. The summed E-state index contributed by atoms with van der Waals surface area (Å²) in [5.74, 6) is 0.0705. The topological polar surface area (TPSA) is 46.2 Å². The van der Waals surface area contributed by atoms with Crippen LogP contribution >= 0.6 is 11.8 Å². The highest BCUT2D eigenvalue weighted by atomic mass is 32.2. The lowest BCUT2D eigenvalue weighted by Gasteiger charge is -2.09. The van der Waals surface area contributed by atoms with E-state index in [-0.39, 0.29) is 16.9 Å². The van der Waals surface area contributed by atoms with Crippen molar-refractivity contribution in [3.63, 3.8) is 0 Å². The summed E-state index contributed by atoms with van der Waals surface area (Å²) in [5.41, 5.74) is 1.16. The van der Waals surface area contributed by atoms with Crippen LogP contribution in [0.3, 0.4) is 0 Å². The van der Waals surface area contributed by atoms with E-state index in [2.05, 4.69) is 12.2 Å². The van der Waals surface area contributed by atoms with Crippen molar-refractivity contribution in [1.29, 1.82) is 0 Å². The minimum absolute atomic E-state index is 0.0799. The third-order valence-electron chi connectivity index (χ3n) is 4.09. The predicted octanol–water partition coefficient (Wildman–Crippen LogP) is 5.43. The van der Waals surface area contributed by atoms with Crippen molar-refractivity contribution in [2.45, 2.75) is 64.7 Å². The van der Waals surface area contributed by atoms with E-state index in [0.29, 0.717) is 13.0 Å². The second kappa shape index (κ2) is 13.7. The molecule has 0 bridgehead atoms. The molecule has 0 saturated heterocycles. The summed E-state index contributed by atoms with van der Waals surface area (Å²) in [5, 5.41) is 4.54. The molecule has 0 aromatic heterocycles. The highest BCUT2D eigenvalue weighted by Gasteiger charge is 2.10. The molecule has 1 aromatic rings. The van der Waals surface area contributed by atoms with Crippen LogP contribution in [0.4, 0.5) is 0 Å². The molecule has 0 fully saturated rings. The maximum atomic E-state index is 12.0. The number of hydrogen-bond donors (Lipinski definition) is 1. The number of rotatable bonds is 12. The first kappa shape index (κ1) is 21.5. The lowest BCUT2D eigenvalue weighted by Crippen LogP contribution is -2.21. The molecule has 0 aliphatic carbocycles. The smallest absolute Gasteiger partial charge is 0.244 e. The first-order valence-electron chi connectivity index (χ1n) is 9.32. The van der Waals surface area contributed by atoms with Gasteiger partial charge in [0, 0.05) is 19.0 Å². The van der Waals surface area contributed by atoms with Crippen molar-refractivity contribution >= 4 is 22.8 Å². The number of thioether (sulfide) groups is 1. The fraction of sp³-hybridized carbons (Fsp3) is 0.524. The third kappa shape index (κ3) is 10.8. The van der Waals surface area contributed by atoms with Crippen LogP contribution in [0.5, 0.6) is 0 Å². The van der Waals surface area contributed by atoms with Gasteiger partial charge in [0.15, 0.2) is 5.12 Å². The van der Waals surface area contributed by atoms with Gasteiger partial charge in [0.05, 0.1) is 0 Å². The zero-order valence-electron chi connectivity index (χ0n) is 15.5. The molecule has 0 aliphatic heterocycles. The summed E-state index contributed by atoms with van der Waals surface area (Å²) in [6.07, 6.45) is 9.17. The summed E-state index contributed by atoms with van der Waals surface area (Å²) in [4.78, 5) is 23.7. The van der Waals surface area contributed by atoms with Crippen molar-refractivity contribution in [2.24, 2.45) is 0 Å². The Morgan fingerprint density at radius 2 is 1.76 bits per heavy atom. The Bertz CT molecular complexity index is 528. The summed E-state index contributed by atoms with van der Waals surface area (Å²) >= 11 is 1.10. The Morgan fingerprint density at radius 1 is 1.08 bits per heavy atom. The van der Waals surface area contributed by atoms with E-state index in [0.717, 1.165) is 30.2 Å². The maximum absolute atomic E-state index is 12.0. The normalized spacial score (nSPS) is 12.2. The van der Waals surface area contributed by atoms with Crippen molar-refractivity contribution in [1.82, 2.24) is 5.32 Å². The minimum atomic E-state index is -0.120. The van der Waals surface area contributed by atoms with Crippen LogP contribution in [0.15, 0.2) is 41.8 Å². The van der Waals surface area contributed by atoms with Crippen LogP contribution in [-0.4, -0.2) is 17.6 Å². The van der Waals surface area contributed by atoms with Crippen molar-refractivity contribution < 1.29 is 9.59 Å². The molecule has 138 valence electrons. The van der Waals surface area contributed by atoms with Crippen LogP contribution in [0, 0.1) is 0 Å². The maximum Gasteiger partial charge on any atom is 0.244 e. The van der Waals surface area contributed by atoms with Gasteiger partial charge in [0.1, 0.15) is 0 Å². The number of carbonyl (C=O) groups is 2. The van der Waals surface area contributed by atoms with Crippen LogP contribution in [-0.2, 0) is 9.59 Å². The second-order valence-electron chi connectivity index (χ2n) is 6.37. The monoisotopic (exact) mass is 361 g/mol. The van der Waals surface area contributed by atoms with Gasteiger partial charge in [0.2, 0.25) is 5.91 Å². The average molecular weight is 362 g/mol. The summed E-state index contributed by atoms with van der Waals surface area (Å²) < 4.78 is 0. The van der Waals surface area contributed by atoms with E-state index in [1.165, 1.54) is 31.8 Å². The van der Waals surface area contributed by atoms with Crippen LogP contribution < -0.4 is 5.32 Å². The zero-order valence-corrected chi connectivity index (χ0v) is 16.3. The average Bonchev–Trinajstić information content (AvgIpc) is 2.61. The van der Waals surface area contributed by atoms with E-state index in [9.17, 15) is 9.59 Å². The van der Waals surface area contributed by atoms with Gasteiger partial charge in [-0.25, -0.2) is 0 Å². The Balaban J connectivity index is 2.12. The Morgan fingerprint density at radius 3 is 2.48 bits per heavy atom. The number of unbranched alkanes of at least 4 members (excludes halogenated alkanes) is 5. The molecule has 0 radical (unpaired) electrons. The fourth-order valence-corrected chi connectivity index (χ4v) is 3.23. The molecule has 1 aromatic carbocycles. The SMILES string of the molecule is CCCCCCCCNC(=O)/C=C\SC(=O)CC(C)c1ccccc1. The van der Waals surface area contributed by atoms with Crippen LogP contribution in [0.2, 0.25) is 0 Å². The lowest BCUT2D eigenvalue weighted by molar-refractivity contribution is -0.116. The molecule has 0 aliphatic rings. The molecule has 1 amide bonds. The molecule has 0 heterocycles. The summed E-state index contributed by atoms with van der Waals surface area (Å²) in [6, 6.07) is 10.0. The van der Waals surface area contributed by atoms with Crippen LogP contribution in [0.1, 0.15) is 70.3 Å². The van der Waals surface area contributed by atoms with E-state index >= 15 is 0 Å². The lowest BCUT2D eigenvalue weighted by atomic mass is 9.99. The fourth-order valence-electron chi connectivity index (χ4n) is 2.55. The van der Waals surface area contributed by atoms with E-state index in [4.69, 9.17) is 0 Å². The van der Waals surface area contributed by atoms with Gasteiger partial charge in [-0.2, -0.15) is 0 Å². The molecule has 1 N–H and O–H groups in total. The molecule has 1 rings (SSSR count). The quantitative estimate of drug-likeness (QED) is 0.399. The Labute approximate surface area is 156 Å². The minimum Gasteiger partial charge on any atom is -0.353 e. The first-order chi connectivity index (χ1) is 12.1. The molecular formula is C21H31NO2S. The molecular weight excluding hydrogens is 330 g/mol. The Hall–Kier alpha value is -1.55. The molecule has 0 spiro atoms. The number of hydrogen-bond acceptors (Lipinski definition) is 3. The third-order valence-corrected chi connectivity index (χ3v) is 4.79. The molecule has 1 unspecified atom stereocenters. The number of benzene rings is 1. The van der Waals surface area contributed by atoms with Crippen LogP contribution in [0.25, 0.3) is 0 Å².